The molecule has 0 heterocycles. The summed E-state index contributed by atoms with van der Waals surface area (Å²) < 4.78 is -1.60. The van der Waals surface area contributed by atoms with Crippen molar-refractivity contribution in [2.24, 2.45) is 0 Å². The van der Waals surface area contributed by atoms with Gasteiger partial charge in [-0.05, 0) is 17.7 Å². The average molecular weight is 280 g/mol. The van der Waals surface area contributed by atoms with E-state index in [1.165, 1.54) is 0 Å². The Kier molecular flexibility index (Phi) is 3.90. The van der Waals surface area contributed by atoms with Gasteiger partial charge >= 0.3 is 0 Å². The third-order valence-electron chi connectivity index (χ3n) is 2.45. The summed E-state index contributed by atoms with van der Waals surface area (Å²) >= 11 is 12.2. The lowest BCUT2D eigenvalue weighted by molar-refractivity contribution is -0.117. The van der Waals surface area contributed by atoms with E-state index in [9.17, 15) is 4.79 Å². The van der Waals surface area contributed by atoms with Gasteiger partial charge in [0.15, 0.2) is 0 Å². The van der Waals surface area contributed by atoms with Gasteiger partial charge in [0, 0.05) is 5.69 Å². The number of carbonyl (C=O) groups is 1. The monoisotopic (exact) mass is 279 g/mol. The van der Waals surface area contributed by atoms with Gasteiger partial charge in [-0.15, -0.1) is 0 Å². The highest BCUT2D eigenvalue weighted by Gasteiger charge is 2.35. The standard InChI is InChI=1S/C14H11Cl2NO/c15-14(16,11-7-3-1-4-8-11)13(18)17-12-9-5-2-6-10-12/h1-10H,(H,17,18). The second kappa shape index (κ2) is 5.42. The predicted molar refractivity (Wildman–Crippen MR) is 74.9 cm³/mol. The first-order valence-electron chi connectivity index (χ1n) is 5.40. The number of alkyl halides is 2. The summed E-state index contributed by atoms with van der Waals surface area (Å²) in [6.07, 6.45) is 0. The van der Waals surface area contributed by atoms with Crippen molar-refractivity contribution in [2.45, 2.75) is 4.33 Å². The van der Waals surface area contributed by atoms with E-state index < -0.39 is 10.2 Å². The fourth-order valence-electron chi connectivity index (χ4n) is 1.51. The van der Waals surface area contributed by atoms with E-state index in [4.69, 9.17) is 23.2 Å². The second-order valence-electron chi connectivity index (χ2n) is 3.76. The molecule has 0 aliphatic heterocycles. The Balaban J connectivity index is 2.18. The van der Waals surface area contributed by atoms with Crippen LogP contribution in [0.2, 0.25) is 0 Å². The molecule has 0 atom stereocenters. The molecule has 92 valence electrons. The number of benzene rings is 2. The molecule has 0 aliphatic carbocycles. The summed E-state index contributed by atoms with van der Waals surface area (Å²) in [6.45, 7) is 0. The maximum Gasteiger partial charge on any atom is 0.265 e. The number of rotatable bonds is 3. The molecular weight excluding hydrogens is 269 g/mol. The van der Waals surface area contributed by atoms with E-state index in [-0.39, 0.29) is 0 Å². The van der Waals surface area contributed by atoms with Gasteiger partial charge in [-0.2, -0.15) is 0 Å². The first-order chi connectivity index (χ1) is 8.60. The first-order valence-corrected chi connectivity index (χ1v) is 6.16. The Hall–Kier alpha value is -1.51. The molecule has 2 rings (SSSR count). The number of hydrogen-bond donors (Lipinski definition) is 1. The maximum atomic E-state index is 12.1. The van der Waals surface area contributed by atoms with Crippen molar-refractivity contribution in [1.82, 2.24) is 0 Å². The zero-order valence-electron chi connectivity index (χ0n) is 9.44. The Labute approximate surface area is 116 Å². The third-order valence-corrected chi connectivity index (χ3v) is 3.23. The van der Waals surface area contributed by atoms with Crippen molar-refractivity contribution in [2.75, 3.05) is 5.32 Å². The summed E-state index contributed by atoms with van der Waals surface area (Å²) in [5.74, 6) is -0.469. The maximum absolute atomic E-state index is 12.1. The van der Waals surface area contributed by atoms with Gasteiger partial charge in [0.1, 0.15) is 0 Å². The molecule has 0 radical (unpaired) electrons. The highest BCUT2D eigenvalue weighted by molar-refractivity contribution is 6.58. The molecule has 4 heteroatoms. The molecule has 2 aromatic carbocycles. The van der Waals surface area contributed by atoms with Crippen molar-refractivity contribution < 1.29 is 4.79 Å². The zero-order valence-corrected chi connectivity index (χ0v) is 10.9. The van der Waals surface area contributed by atoms with Crippen LogP contribution in [0.15, 0.2) is 60.7 Å². The second-order valence-corrected chi connectivity index (χ2v) is 5.09. The number of amides is 1. The minimum absolute atomic E-state index is 0.469. The molecule has 1 amide bonds. The van der Waals surface area contributed by atoms with E-state index in [2.05, 4.69) is 5.32 Å². The van der Waals surface area contributed by atoms with E-state index in [1.807, 2.05) is 24.3 Å². The van der Waals surface area contributed by atoms with Gasteiger partial charge in [0.05, 0.1) is 0 Å². The Morgan fingerprint density at radius 3 is 1.94 bits per heavy atom. The molecule has 2 nitrogen and oxygen atoms in total. The number of nitrogens with one attached hydrogen (secondary N) is 1. The van der Waals surface area contributed by atoms with Crippen LogP contribution in [0.1, 0.15) is 5.56 Å². The summed E-state index contributed by atoms with van der Waals surface area (Å²) in [5, 5.41) is 2.68. The molecule has 0 saturated carbocycles. The van der Waals surface area contributed by atoms with Crippen LogP contribution in [0, 0.1) is 0 Å². The average Bonchev–Trinajstić information content (AvgIpc) is 2.41. The Morgan fingerprint density at radius 1 is 0.889 bits per heavy atom. The van der Waals surface area contributed by atoms with Gasteiger partial charge in [0.2, 0.25) is 4.33 Å². The summed E-state index contributed by atoms with van der Waals surface area (Å²) in [7, 11) is 0. The van der Waals surface area contributed by atoms with E-state index in [0.29, 0.717) is 11.3 Å². The summed E-state index contributed by atoms with van der Waals surface area (Å²) in [5.41, 5.74) is 1.20. The SMILES string of the molecule is O=C(Nc1ccccc1)C(Cl)(Cl)c1ccccc1. The van der Waals surface area contributed by atoms with Gasteiger partial charge < -0.3 is 5.32 Å². The molecular formula is C14H11Cl2NO. The minimum Gasteiger partial charge on any atom is -0.323 e. The van der Waals surface area contributed by atoms with Gasteiger partial charge in [-0.25, -0.2) is 0 Å². The Morgan fingerprint density at radius 2 is 1.39 bits per heavy atom. The van der Waals surface area contributed by atoms with E-state index in [0.717, 1.165) is 0 Å². The van der Waals surface area contributed by atoms with Crippen molar-refractivity contribution in [1.29, 1.82) is 0 Å². The normalized spacial score (nSPS) is 11.0. The van der Waals surface area contributed by atoms with Crippen LogP contribution < -0.4 is 5.32 Å². The van der Waals surface area contributed by atoms with Crippen LogP contribution in [0.4, 0.5) is 5.69 Å². The molecule has 18 heavy (non-hydrogen) atoms. The highest BCUT2D eigenvalue weighted by Crippen LogP contribution is 2.34. The van der Waals surface area contributed by atoms with E-state index in [1.54, 1.807) is 36.4 Å². The Bertz CT molecular complexity index is 526. The molecule has 0 aliphatic rings. The summed E-state index contributed by atoms with van der Waals surface area (Å²) in [4.78, 5) is 12.1. The van der Waals surface area contributed by atoms with Crippen LogP contribution >= 0.6 is 23.2 Å². The molecule has 2 aromatic rings. The van der Waals surface area contributed by atoms with Crippen LogP contribution in [0.25, 0.3) is 0 Å². The minimum atomic E-state index is -1.60. The smallest absolute Gasteiger partial charge is 0.265 e. The fourth-order valence-corrected chi connectivity index (χ4v) is 1.86. The zero-order chi connectivity index (χ0) is 13.0. The van der Waals surface area contributed by atoms with Crippen molar-refractivity contribution in [3.63, 3.8) is 0 Å². The van der Waals surface area contributed by atoms with Crippen LogP contribution in [-0.4, -0.2) is 5.91 Å². The summed E-state index contributed by atoms with van der Waals surface area (Å²) in [6, 6.07) is 17.9. The van der Waals surface area contributed by atoms with E-state index >= 15 is 0 Å². The van der Waals surface area contributed by atoms with Gasteiger partial charge in [-0.3, -0.25) is 4.79 Å². The molecule has 0 saturated heterocycles. The molecule has 0 fully saturated rings. The largest absolute Gasteiger partial charge is 0.323 e. The van der Waals surface area contributed by atoms with Crippen LogP contribution in [-0.2, 0) is 9.13 Å². The number of para-hydroxylation sites is 1. The lowest BCUT2D eigenvalue weighted by Crippen LogP contribution is -2.30. The number of carbonyl (C=O) groups excluding carboxylic acids is 1. The number of hydrogen-bond acceptors (Lipinski definition) is 1. The number of halogens is 2. The third kappa shape index (κ3) is 2.84. The van der Waals surface area contributed by atoms with Gasteiger partial charge in [-0.1, -0.05) is 71.7 Å². The van der Waals surface area contributed by atoms with Gasteiger partial charge in [0.25, 0.3) is 5.91 Å². The van der Waals surface area contributed by atoms with Crippen molar-refractivity contribution >= 4 is 34.8 Å². The molecule has 0 aromatic heterocycles. The van der Waals surface area contributed by atoms with Crippen molar-refractivity contribution in [3.05, 3.63) is 66.2 Å². The van der Waals surface area contributed by atoms with Crippen LogP contribution in [0.5, 0.6) is 0 Å². The molecule has 1 N–H and O–H groups in total. The predicted octanol–water partition coefficient (Wildman–Crippen LogP) is 3.96. The lowest BCUT2D eigenvalue weighted by Gasteiger charge is -2.19. The van der Waals surface area contributed by atoms with Crippen molar-refractivity contribution in [3.8, 4) is 0 Å². The molecule has 0 unspecified atom stereocenters. The topological polar surface area (TPSA) is 29.1 Å². The lowest BCUT2D eigenvalue weighted by atomic mass is 10.1. The molecule has 0 spiro atoms. The number of anilines is 1. The first kappa shape index (κ1) is 12.9. The quantitative estimate of drug-likeness (QED) is 0.847. The molecule has 0 bridgehead atoms. The fraction of sp³-hybridized carbons (Fsp3) is 0.0714. The highest BCUT2D eigenvalue weighted by atomic mass is 35.5. The van der Waals surface area contributed by atoms with Crippen LogP contribution in [0.3, 0.4) is 0 Å².